The minimum atomic E-state index is -4.69. The summed E-state index contributed by atoms with van der Waals surface area (Å²) in [5.74, 6) is 1.25. The molecule has 0 aliphatic heterocycles. The van der Waals surface area contributed by atoms with Crippen LogP contribution in [0.4, 0.5) is 26.3 Å². The predicted molar refractivity (Wildman–Crippen MR) is 213 cm³/mol. The van der Waals surface area contributed by atoms with Crippen molar-refractivity contribution in [3.63, 3.8) is 0 Å². The van der Waals surface area contributed by atoms with E-state index < -0.39 is 50.0 Å². The first-order valence-corrected chi connectivity index (χ1v) is 21.6. The van der Waals surface area contributed by atoms with Gasteiger partial charge < -0.3 is 28.8 Å². The standard InChI is InChI=1S/C44H44F6N2O6Si/c1-24-38(26(3)56-51-24)40-29(22-53)18-31(43(45,46)47)20-35(40)28-10-14-34(15-11-28)58-59(6,7)42(4,5)17-16-37-39(25(2)52-57-37)41-30(23-54)19-32(44(48,49)50)21-36(41)27-8-12-33(55)13-9-27/h8-15,18-21,53-55H,16-17,22-23H2,1-7H3. The topological polar surface area (TPSA) is 122 Å². The minimum Gasteiger partial charge on any atom is -0.543 e. The smallest absolute Gasteiger partial charge is 0.416 e. The zero-order valence-electron chi connectivity index (χ0n) is 33.5. The number of halogens is 6. The van der Waals surface area contributed by atoms with E-state index in [0.29, 0.717) is 74.9 Å². The van der Waals surface area contributed by atoms with Crippen molar-refractivity contribution in [2.45, 2.75) is 91.2 Å². The van der Waals surface area contributed by atoms with E-state index in [1.54, 1.807) is 45.0 Å². The summed E-state index contributed by atoms with van der Waals surface area (Å²) in [4.78, 5) is 0. The molecule has 0 fully saturated rings. The van der Waals surface area contributed by atoms with E-state index in [0.717, 1.165) is 24.3 Å². The minimum absolute atomic E-state index is 0.0349. The van der Waals surface area contributed by atoms with E-state index in [-0.39, 0.29) is 28.0 Å². The molecule has 2 heterocycles. The fourth-order valence-corrected chi connectivity index (χ4v) is 9.01. The molecule has 0 amide bonds. The Morgan fingerprint density at radius 3 is 1.56 bits per heavy atom. The van der Waals surface area contributed by atoms with Crippen LogP contribution in [-0.4, -0.2) is 34.0 Å². The number of phenols is 1. The van der Waals surface area contributed by atoms with E-state index in [1.807, 2.05) is 26.9 Å². The van der Waals surface area contributed by atoms with E-state index in [1.165, 1.54) is 24.3 Å². The molecular formula is C44H44F6N2O6Si. The summed E-state index contributed by atoms with van der Waals surface area (Å²) >= 11 is 0. The van der Waals surface area contributed by atoms with Crippen molar-refractivity contribution in [3.05, 3.63) is 118 Å². The second-order valence-corrected chi connectivity index (χ2v) is 20.3. The lowest BCUT2D eigenvalue weighted by molar-refractivity contribution is -0.138. The lowest BCUT2D eigenvalue weighted by Crippen LogP contribution is -2.45. The monoisotopic (exact) mass is 838 g/mol. The van der Waals surface area contributed by atoms with Crippen molar-refractivity contribution >= 4 is 8.32 Å². The number of aliphatic hydroxyl groups excluding tert-OH is 2. The van der Waals surface area contributed by atoms with E-state index in [4.69, 9.17) is 13.5 Å². The molecule has 0 unspecified atom stereocenters. The number of hydrogen-bond acceptors (Lipinski definition) is 8. The Morgan fingerprint density at radius 1 is 0.644 bits per heavy atom. The third-order valence-electron chi connectivity index (χ3n) is 11.2. The molecule has 0 bridgehead atoms. The van der Waals surface area contributed by atoms with Crippen molar-refractivity contribution in [1.82, 2.24) is 10.3 Å². The summed E-state index contributed by atoms with van der Waals surface area (Å²) in [6, 6.07) is 16.4. The zero-order valence-corrected chi connectivity index (χ0v) is 34.5. The van der Waals surface area contributed by atoms with Crippen LogP contribution in [0.5, 0.6) is 11.5 Å². The van der Waals surface area contributed by atoms with Crippen molar-refractivity contribution < 1.29 is 55.1 Å². The maximum atomic E-state index is 14.1. The van der Waals surface area contributed by atoms with Crippen molar-refractivity contribution in [2.75, 3.05) is 0 Å². The predicted octanol–water partition coefficient (Wildman–Crippen LogP) is 12.0. The highest BCUT2D eigenvalue weighted by Gasteiger charge is 2.43. The Hall–Kier alpha value is -5.38. The van der Waals surface area contributed by atoms with Gasteiger partial charge in [-0.05, 0) is 127 Å². The molecule has 6 aromatic rings. The van der Waals surface area contributed by atoms with Crippen LogP contribution in [0.25, 0.3) is 44.5 Å². The summed E-state index contributed by atoms with van der Waals surface area (Å²) in [7, 11) is -2.70. The lowest BCUT2D eigenvalue weighted by atomic mass is 9.87. The first kappa shape index (κ1) is 43.2. The highest BCUT2D eigenvalue weighted by Crippen LogP contribution is 2.48. The Morgan fingerprint density at radius 2 is 1.10 bits per heavy atom. The van der Waals surface area contributed by atoms with Gasteiger partial charge >= 0.3 is 12.4 Å². The highest BCUT2D eigenvalue weighted by molar-refractivity contribution is 6.74. The number of aliphatic hydroxyl groups is 2. The normalized spacial score (nSPS) is 12.7. The number of rotatable bonds is 12. The summed E-state index contributed by atoms with van der Waals surface area (Å²) in [6.07, 6.45) is -8.54. The fraction of sp³-hybridized carbons (Fsp3) is 0.318. The average molecular weight is 839 g/mol. The van der Waals surface area contributed by atoms with Crippen LogP contribution < -0.4 is 4.43 Å². The average Bonchev–Trinajstić information content (AvgIpc) is 3.71. The Balaban J connectivity index is 1.30. The van der Waals surface area contributed by atoms with Crippen molar-refractivity contribution in [3.8, 4) is 56.0 Å². The van der Waals surface area contributed by atoms with Crippen LogP contribution in [-0.2, 0) is 32.0 Å². The maximum absolute atomic E-state index is 14.1. The van der Waals surface area contributed by atoms with Gasteiger partial charge in [-0.3, -0.25) is 0 Å². The van der Waals surface area contributed by atoms with Gasteiger partial charge in [0.25, 0.3) is 8.32 Å². The molecule has 0 saturated carbocycles. The van der Waals surface area contributed by atoms with Gasteiger partial charge in [-0.2, -0.15) is 26.3 Å². The molecular weight excluding hydrogens is 795 g/mol. The molecule has 312 valence electrons. The Labute approximate surface area is 338 Å². The van der Waals surface area contributed by atoms with Gasteiger partial charge in [0.1, 0.15) is 23.0 Å². The largest absolute Gasteiger partial charge is 0.543 e. The third-order valence-corrected chi connectivity index (χ3v) is 15.5. The number of aromatic hydroxyl groups is 1. The van der Waals surface area contributed by atoms with Crippen LogP contribution in [0.1, 0.15) is 65.4 Å². The number of nitrogens with zero attached hydrogens (tertiary/aromatic N) is 2. The van der Waals surface area contributed by atoms with Crippen LogP contribution in [0.15, 0.2) is 81.8 Å². The highest BCUT2D eigenvalue weighted by atomic mass is 28.4. The third kappa shape index (κ3) is 8.68. The Kier molecular flexibility index (Phi) is 11.7. The number of hydrogen-bond donors (Lipinski definition) is 3. The molecule has 4 aromatic carbocycles. The van der Waals surface area contributed by atoms with Gasteiger partial charge in [-0.1, -0.05) is 48.4 Å². The molecule has 0 saturated heterocycles. The number of phenolic OH excluding ortho intramolecular Hbond substituents is 1. The number of aromatic nitrogens is 2. The summed E-state index contributed by atoms with van der Waals surface area (Å²) < 4.78 is 102. The van der Waals surface area contributed by atoms with Gasteiger partial charge in [0.15, 0.2) is 0 Å². The molecule has 0 radical (unpaired) electrons. The zero-order chi connectivity index (χ0) is 43.2. The molecule has 2 aromatic heterocycles. The van der Waals surface area contributed by atoms with Crippen LogP contribution in [0.2, 0.25) is 18.1 Å². The van der Waals surface area contributed by atoms with Crippen LogP contribution in [0, 0.1) is 20.8 Å². The van der Waals surface area contributed by atoms with E-state index in [2.05, 4.69) is 10.3 Å². The maximum Gasteiger partial charge on any atom is 0.416 e. The summed E-state index contributed by atoms with van der Waals surface area (Å²) in [5, 5.41) is 38.3. The molecule has 15 heteroatoms. The SMILES string of the molecule is Cc1noc(C)c1-c1c(CO)cc(C(F)(F)F)cc1-c1ccc(O[Si](C)(C)C(C)(C)CCc2onc(C)c2-c2c(CO)cc(C(F)(F)F)cc2-c2ccc(O)cc2)cc1. The van der Waals surface area contributed by atoms with Gasteiger partial charge in [0, 0.05) is 28.7 Å². The molecule has 6 rings (SSSR count). The Bertz CT molecular complexity index is 2450. The van der Waals surface area contributed by atoms with Crippen molar-refractivity contribution in [1.29, 1.82) is 0 Å². The van der Waals surface area contributed by atoms with Crippen LogP contribution in [0.3, 0.4) is 0 Å². The first-order chi connectivity index (χ1) is 27.6. The lowest BCUT2D eigenvalue weighted by Gasteiger charge is -2.39. The molecule has 0 atom stereocenters. The summed E-state index contributed by atoms with van der Waals surface area (Å²) in [6.45, 7) is 11.8. The quantitative estimate of drug-likeness (QED) is 0.0823. The fourth-order valence-electron chi connectivity index (χ4n) is 7.28. The van der Waals surface area contributed by atoms with Crippen LogP contribution >= 0.6 is 0 Å². The second-order valence-electron chi connectivity index (χ2n) is 15.8. The molecule has 59 heavy (non-hydrogen) atoms. The van der Waals surface area contributed by atoms with Gasteiger partial charge in [-0.15, -0.1) is 0 Å². The van der Waals surface area contributed by atoms with Gasteiger partial charge in [0.05, 0.1) is 35.7 Å². The molecule has 0 aliphatic carbocycles. The van der Waals surface area contributed by atoms with Gasteiger partial charge in [-0.25, -0.2) is 0 Å². The number of aryl methyl sites for hydroxylation is 4. The molecule has 8 nitrogen and oxygen atoms in total. The van der Waals surface area contributed by atoms with E-state index in [9.17, 15) is 41.7 Å². The second kappa shape index (κ2) is 16.0. The number of benzene rings is 4. The molecule has 0 aliphatic rings. The molecule has 3 N–H and O–H groups in total. The van der Waals surface area contributed by atoms with Crippen molar-refractivity contribution in [2.24, 2.45) is 0 Å². The summed E-state index contributed by atoms with van der Waals surface area (Å²) in [5.41, 5.74) is 2.13. The van der Waals surface area contributed by atoms with E-state index >= 15 is 0 Å². The molecule has 0 spiro atoms. The van der Waals surface area contributed by atoms with Gasteiger partial charge in [0.2, 0.25) is 0 Å². The first-order valence-electron chi connectivity index (χ1n) is 18.7. The number of alkyl halides is 6.